The summed E-state index contributed by atoms with van der Waals surface area (Å²) in [5.41, 5.74) is 7.01. The van der Waals surface area contributed by atoms with Crippen molar-refractivity contribution >= 4 is 16.8 Å². The average Bonchev–Trinajstić information content (AvgIpc) is 2.85. The van der Waals surface area contributed by atoms with Gasteiger partial charge in [-0.15, -0.1) is 0 Å². The Morgan fingerprint density at radius 1 is 1.40 bits per heavy atom. The highest BCUT2D eigenvalue weighted by Crippen LogP contribution is 2.20. The highest BCUT2D eigenvalue weighted by molar-refractivity contribution is 6.05. The molecule has 0 aliphatic heterocycles. The van der Waals surface area contributed by atoms with Crippen molar-refractivity contribution in [2.75, 3.05) is 6.54 Å². The van der Waals surface area contributed by atoms with E-state index in [1.807, 2.05) is 37.4 Å². The summed E-state index contributed by atoms with van der Waals surface area (Å²) in [5.74, 6) is 0.400. The van der Waals surface area contributed by atoms with Crippen LogP contribution in [-0.4, -0.2) is 23.0 Å². The maximum atomic E-state index is 12.5. The van der Waals surface area contributed by atoms with Gasteiger partial charge in [-0.25, -0.2) is 0 Å². The van der Waals surface area contributed by atoms with Gasteiger partial charge in [-0.05, 0) is 31.4 Å². The van der Waals surface area contributed by atoms with Gasteiger partial charge in [-0.3, -0.25) is 4.79 Å². The van der Waals surface area contributed by atoms with E-state index in [-0.39, 0.29) is 11.4 Å². The predicted octanol–water partition coefficient (Wildman–Crippen LogP) is 2.66. The van der Waals surface area contributed by atoms with Gasteiger partial charge in [-0.2, -0.15) is 0 Å². The molecular weight excluding hydrogens is 250 g/mol. The molecule has 1 atom stereocenters. The van der Waals surface area contributed by atoms with E-state index in [9.17, 15) is 4.79 Å². The van der Waals surface area contributed by atoms with Crippen LogP contribution in [0, 0.1) is 5.92 Å². The third-order valence-corrected chi connectivity index (χ3v) is 3.56. The first kappa shape index (κ1) is 14.6. The first-order valence-corrected chi connectivity index (χ1v) is 7.04. The van der Waals surface area contributed by atoms with Crippen LogP contribution in [0.25, 0.3) is 10.9 Å². The van der Waals surface area contributed by atoms with Crippen molar-refractivity contribution in [3.8, 4) is 0 Å². The van der Waals surface area contributed by atoms with Crippen LogP contribution in [0.3, 0.4) is 0 Å². The number of para-hydroxylation sites is 1. The lowest BCUT2D eigenvalue weighted by Crippen LogP contribution is -2.52. The van der Waals surface area contributed by atoms with Crippen LogP contribution >= 0.6 is 0 Å². The number of nitrogens with two attached hydrogens (primary N) is 1. The second-order valence-electron chi connectivity index (χ2n) is 6.06. The van der Waals surface area contributed by atoms with E-state index in [1.54, 1.807) is 0 Å². The fourth-order valence-electron chi connectivity index (χ4n) is 2.70. The number of carbonyl (C=O) groups is 1. The van der Waals surface area contributed by atoms with Crippen molar-refractivity contribution in [2.45, 2.75) is 32.7 Å². The molecule has 4 nitrogen and oxygen atoms in total. The number of aromatic nitrogens is 1. The Morgan fingerprint density at radius 2 is 2.15 bits per heavy atom. The topological polar surface area (TPSA) is 70.9 Å². The lowest BCUT2D eigenvalue weighted by molar-refractivity contribution is 0.0900. The van der Waals surface area contributed by atoms with Gasteiger partial charge < -0.3 is 16.0 Å². The van der Waals surface area contributed by atoms with Crippen molar-refractivity contribution < 1.29 is 4.79 Å². The summed E-state index contributed by atoms with van der Waals surface area (Å²) in [6, 6.07) is 7.68. The summed E-state index contributed by atoms with van der Waals surface area (Å²) >= 11 is 0. The zero-order valence-corrected chi connectivity index (χ0v) is 12.4. The normalized spacial score (nSPS) is 14.4. The second-order valence-corrected chi connectivity index (χ2v) is 6.06. The maximum absolute atomic E-state index is 12.5. The molecule has 20 heavy (non-hydrogen) atoms. The van der Waals surface area contributed by atoms with E-state index >= 15 is 0 Å². The van der Waals surface area contributed by atoms with Gasteiger partial charge in [0.2, 0.25) is 0 Å². The number of hydrogen-bond donors (Lipinski definition) is 3. The molecule has 1 amide bonds. The first-order valence-electron chi connectivity index (χ1n) is 7.04. The predicted molar refractivity (Wildman–Crippen MR) is 82.7 cm³/mol. The number of nitrogens with one attached hydrogen (secondary N) is 2. The highest BCUT2D eigenvalue weighted by atomic mass is 16.1. The number of H-pyrrole nitrogens is 1. The van der Waals surface area contributed by atoms with Gasteiger partial charge in [-0.1, -0.05) is 26.0 Å². The number of fused-ring (bicyclic) bond motifs is 1. The summed E-state index contributed by atoms with van der Waals surface area (Å²) in [5, 5.41) is 4.13. The fraction of sp³-hybridized carbons (Fsp3) is 0.438. The average molecular weight is 273 g/mol. The van der Waals surface area contributed by atoms with Crippen LogP contribution in [0.2, 0.25) is 0 Å². The summed E-state index contributed by atoms with van der Waals surface area (Å²) < 4.78 is 0. The van der Waals surface area contributed by atoms with Gasteiger partial charge in [0.25, 0.3) is 5.91 Å². The molecule has 0 saturated heterocycles. The zero-order valence-electron chi connectivity index (χ0n) is 12.4. The van der Waals surface area contributed by atoms with Crippen LogP contribution in [-0.2, 0) is 0 Å². The maximum Gasteiger partial charge on any atom is 0.253 e. The van der Waals surface area contributed by atoms with Crippen LogP contribution in [0.1, 0.15) is 37.6 Å². The van der Waals surface area contributed by atoms with E-state index in [2.05, 4.69) is 24.1 Å². The number of hydrogen-bond acceptors (Lipinski definition) is 2. The zero-order chi connectivity index (χ0) is 14.8. The van der Waals surface area contributed by atoms with E-state index in [1.165, 1.54) is 0 Å². The third-order valence-electron chi connectivity index (χ3n) is 3.56. The minimum atomic E-state index is -0.375. The van der Waals surface area contributed by atoms with Gasteiger partial charge in [0.05, 0.1) is 11.1 Å². The molecule has 4 heteroatoms. The molecule has 2 rings (SSSR count). The molecule has 0 aliphatic rings. The second kappa shape index (κ2) is 5.67. The molecule has 2 aromatic rings. The third kappa shape index (κ3) is 3.02. The lowest BCUT2D eigenvalue weighted by Gasteiger charge is -2.31. The van der Waals surface area contributed by atoms with Gasteiger partial charge in [0.15, 0.2) is 0 Å². The van der Waals surface area contributed by atoms with Crippen LogP contribution in [0.5, 0.6) is 0 Å². The van der Waals surface area contributed by atoms with Gasteiger partial charge in [0.1, 0.15) is 0 Å². The van der Waals surface area contributed by atoms with E-state index in [0.29, 0.717) is 18.0 Å². The molecule has 4 N–H and O–H groups in total. The Balaban J connectivity index is 2.25. The molecule has 108 valence electrons. The summed E-state index contributed by atoms with van der Waals surface area (Å²) in [6.07, 6.45) is 2.70. The Labute approximate surface area is 119 Å². The van der Waals surface area contributed by atoms with E-state index < -0.39 is 0 Å². The largest absolute Gasteiger partial charge is 0.361 e. The van der Waals surface area contributed by atoms with Gasteiger partial charge in [0, 0.05) is 23.7 Å². The SMILES string of the molecule is CC(C)CC(C)(CN)NC(=O)c1cccc2cc[nH]c12. The molecular formula is C16H23N3O. The van der Waals surface area contributed by atoms with Crippen molar-refractivity contribution in [2.24, 2.45) is 11.7 Å². The Hall–Kier alpha value is -1.81. The summed E-state index contributed by atoms with van der Waals surface area (Å²) in [7, 11) is 0. The van der Waals surface area contributed by atoms with Crippen LogP contribution in [0.15, 0.2) is 30.5 Å². The molecule has 0 spiro atoms. The fourth-order valence-corrected chi connectivity index (χ4v) is 2.70. The smallest absolute Gasteiger partial charge is 0.253 e. The van der Waals surface area contributed by atoms with Crippen molar-refractivity contribution in [1.82, 2.24) is 10.3 Å². The number of carbonyl (C=O) groups excluding carboxylic acids is 1. The number of rotatable bonds is 5. The molecule has 0 fully saturated rings. The number of aromatic amines is 1. The lowest BCUT2D eigenvalue weighted by atomic mass is 9.90. The molecule has 0 radical (unpaired) electrons. The molecule has 0 saturated carbocycles. The van der Waals surface area contributed by atoms with Crippen molar-refractivity contribution in [3.63, 3.8) is 0 Å². The van der Waals surface area contributed by atoms with Crippen LogP contribution < -0.4 is 11.1 Å². The molecule has 0 bridgehead atoms. The Bertz CT molecular complexity index is 603. The molecule has 1 aromatic heterocycles. The Morgan fingerprint density at radius 3 is 2.80 bits per heavy atom. The minimum absolute atomic E-state index is 0.0772. The molecule has 1 unspecified atom stereocenters. The summed E-state index contributed by atoms with van der Waals surface area (Å²) in [4.78, 5) is 15.6. The van der Waals surface area contributed by atoms with Crippen molar-refractivity contribution in [3.05, 3.63) is 36.0 Å². The molecule has 0 aliphatic carbocycles. The Kier molecular flexibility index (Phi) is 4.14. The standard InChI is InChI=1S/C16H23N3O/c1-11(2)9-16(3,10-17)19-15(20)13-6-4-5-12-7-8-18-14(12)13/h4-8,11,18H,9-10,17H2,1-3H3,(H,19,20). The van der Waals surface area contributed by atoms with Gasteiger partial charge >= 0.3 is 0 Å². The summed E-state index contributed by atoms with van der Waals surface area (Å²) in [6.45, 7) is 6.69. The first-order chi connectivity index (χ1) is 9.45. The molecule has 1 aromatic carbocycles. The quantitative estimate of drug-likeness (QED) is 0.783. The number of benzene rings is 1. The van der Waals surface area contributed by atoms with Crippen LogP contribution in [0.4, 0.5) is 0 Å². The monoisotopic (exact) mass is 273 g/mol. The van der Waals surface area contributed by atoms with Crippen molar-refractivity contribution in [1.29, 1.82) is 0 Å². The highest BCUT2D eigenvalue weighted by Gasteiger charge is 2.27. The molecule has 1 heterocycles. The van der Waals surface area contributed by atoms with E-state index in [4.69, 9.17) is 5.73 Å². The van der Waals surface area contributed by atoms with E-state index in [0.717, 1.165) is 17.3 Å². The minimum Gasteiger partial charge on any atom is -0.361 e. The number of amides is 1.